The Morgan fingerprint density at radius 2 is 2.20 bits per heavy atom. The lowest BCUT2D eigenvalue weighted by molar-refractivity contribution is -0.112. The minimum Gasteiger partial charge on any atom is -0.303 e. The van der Waals surface area contributed by atoms with Crippen LogP contribution in [0.4, 0.5) is 0 Å². The number of carbonyl (C=O) groups excluding carboxylic acids is 1. The highest BCUT2D eigenvalue weighted by Crippen LogP contribution is 2.12. The van der Waals surface area contributed by atoms with Crippen molar-refractivity contribution in [2.45, 2.75) is 24.4 Å². The zero-order valence-corrected chi connectivity index (χ0v) is 10.6. The first-order chi connectivity index (χ1) is 7.15. The van der Waals surface area contributed by atoms with E-state index >= 15 is 0 Å². The number of thiol groups is 1. The zero-order valence-electron chi connectivity index (χ0n) is 8.86. The molecule has 1 atom stereocenters. The van der Waals surface area contributed by atoms with Crippen LogP contribution < -0.4 is 5.32 Å². The monoisotopic (exact) mass is 241 g/mol. The summed E-state index contributed by atoms with van der Waals surface area (Å²) in [4.78, 5) is 12.3. The molecule has 0 bridgehead atoms. The van der Waals surface area contributed by atoms with Crippen LogP contribution in [0.25, 0.3) is 0 Å². The Balaban J connectivity index is 2.50. The molecule has 15 heavy (non-hydrogen) atoms. The van der Waals surface area contributed by atoms with E-state index in [4.69, 9.17) is 0 Å². The van der Waals surface area contributed by atoms with Gasteiger partial charge in [0.25, 0.3) is 0 Å². The Morgan fingerprint density at radius 3 is 2.80 bits per heavy atom. The van der Waals surface area contributed by atoms with E-state index in [0.29, 0.717) is 6.54 Å². The standard InChI is InChI=1S/C11H15NOS2/c1-8(11(13)15-2)12-7-9-5-3-4-6-10(9)14/h3-6,8,12,14H,7H2,1-2H3/t8-/m0/s1. The molecule has 0 fully saturated rings. The molecule has 0 saturated heterocycles. The Kier molecular flexibility index (Phi) is 5.22. The minimum absolute atomic E-state index is 0.118. The number of nitrogens with one attached hydrogen (secondary N) is 1. The van der Waals surface area contributed by atoms with Crippen LogP contribution in [-0.2, 0) is 11.3 Å². The van der Waals surface area contributed by atoms with Gasteiger partial charge in [-0.25, -0.2) is 0 Å². The van der Waals surface area contributed by atoms with Gasteiger partial charge in [0.05, 0.1) is 6.04 Å². The third-order valence-corrected chi connectivity index (χ3v) is 3.34. The predicted octanol–water partition coefficient (Wildman–Crippen LogP) is 2.34. The lowest BCUT2D eigenvalue weighted by Gasteiger charge is -2.12. The lowest BCUT2D eigenvalue weighted by Crippen LogP contribution is -2.31. The van der Waals surface area contributed by atoms with Gasteiger partial charge in [-0.15, -0.1) is 12.6 Å². The maximum absolute atomic E-state index is 11.3. The van der Waals surface area contributed by atoms with Crippen LogP contribution in [0.3, 0.4) is 0 Å². The summed E-state index contributed by atoms with van der Waals surface area (Å²) in [6, 6.07) is 7.75. The Hall–Kier alpha value is -0.450. The van der Waals surface area contributed by atoms with Crippen molar-refractivity contribution in [3.05, 3.63) is 29.8 Å². The molecule has 0 aliphatic heterocycles. The van der Waals surface area contributed by atoms with Crippen molar-refractivity contribution in [1.82, 2.24) is 5.32 Å². The van der Waals surface area contributed by atoms with Crippen LogP contribution >= 0.6 is 24.4 Å². The average molecular weight is 241 g/mol. The molecule has 0 heterocycles. The van der Waals surface area contributed by atoms with E-state index in [1.54, 1.807) is 6.26 Å². The fraction of sp³-hybridized carbons (Fsp3) is 0.364. The van der Waals surface area contributed by atoms with E-state index in [1.807, 2.05) is 31.2 Å². The number of benzene rings is 1. The van der Waals surface area contributed by atoms with Gasteiger partial charge in [0.2, 0.25) is 5.12 Å². The van der Waals surface area contributed by atoms with Crippen molar-refractivity contribution in [2.24, 2.45) is 0 Å². The summed E-state index contributed by atoms with van der Waals surface area (Å²) < 4.78 is 0. The van der Waals surface area contributed by atoms with E-state index in [2.05, 4.69) is 17.9 Å². The molecule has 0 unspecified atom stereocenters. The van der Waals surface area contributed by atoms with Crippen LogP contribution in [0.15, 0.2) is 29.2 Å². The second kappa shape index (κ2) is 6.20. The highest BCUT2D eigenvalue weighted by Gasteiger charge is 2.10. The Bertz CT molecular complexity index is 341. The van der Waals surface area contributed by atoms with Gasteiger partial charge in [0.15, 0.2) is 0 Å². The fourth-order valence-corrected chi connectivity index (χ4v) is 1.86. The maximum Gasteiger partial charge on any atom is 0.205 e. The molecule has 0 radical (unpaired) electrons. The molecule has 1 N–H and O–H groups in total. The van der Waals surface area contributed by atoms with Gasteiger partial charge >= 0.3 is 0 Å². The summed E-state index contributed by atoms with van der Waals surface area (Å²) in [6.07, 6.45) is 1.80. The van der Waals surface area contributed by atoms with Gasteiger partial charge < -0.3 is 5.32 Å². The lowest BCUT2D eigenvalue weighted by atomic mass is 10.2. The molecular weight excluding hydrogens is 226 g/mol. The SMILES string of the molecule is CSC(=O)[C@H](C)NCc1ccccc1S. The van der Waals surface area contributed by atoms with Gasteiger partial charge in [-0.3, -0.25) is 4.79 Å². The molecule has 0 aliphatic rings. The highest BCUT2D eigenvalue weighted by molar-refractivity contribution is 8.13. The van der Waals surface area contributed by atoms with Gasteiger partial charge in [0, 0.05) is 11.4 Å². The van der Waals surface area contributed by atoms with Crippen molar-refractivity contribution in [2.75, 3.05) is 6.26 Å². The van der Waals surface area contributed by atoms with Crippen molar-refractivity contribution >= 4 is 29.5 Å². The molecule has 0 spiro atoms. The minimum atomic E-state index is -0.118. The van der Waals surface area contributed by atoms with E-state index in [-0.39, 0.29) is 11.2 Å². The summed E-state index contributed by atoms with van der Waals surface area (Å²) in [5.74, 6) is 0. The van der Waals surface area contributed by atoms with Crippen molar-refractivity contribution in [1.29, 1.82) is 0 Å². The average Bonchev–Trinajstić information content (AvgIpc) is 2.26. The summed E-state index contributed by atoms with van der Waals surface area (Å²) in [5, 5.41) is 3.33. The third-order valence-electron chi connectivity index (χ3n) is 2.15. The topological polar surface area (TPSA) is 29.1 Å². The first-order valence-corrected chi connectivity index (χ1v) is 6.40. The van der Waals surface area contributed by atoms with Crippen molar-refractivity contribution in [3.63, 3.8) is 0 Å². The number of rotatable bonds is 4. The maximum atomic E-state index is 11.3. The molecule has 0 amide bonds. The molecule has 2 nitrogen and oxygen atoms in total. The predicted molar refractivity (Wildman–Crippen MR) is 68.5 cm³/mol. The largest absolute Gasteiger partial charge is 0.303 e. The number of carbonyl (C=O) groups is 1. The van der Waals surface area contributed by atoms with Crippen LogP contribution in [0.2, 0.25) is 0 Å². The third kappa shape index (κ3) is 3.89. The van der Waals surface area contributed by atoms with Gasteiger partial charge in [-0.1, -0.05) is 30.0 Å². The van der Waals surface area contributed by atoms with Crippen LogP contribution in [0, 0.1) is 0 Å². The second-order valence-electron chi connectivity index (χ2n) is 3.25. The molecule has 4 heteroatoms. The van der Waals surface area contributed by atoms with Crippen molar-refractivity contribution in [3.8, 4) is 0 Å². The summed E-state index contributed by atoms with van der Waals surface area (Å²) in [5.41, 5.74) is 1.11. The summed E-state index contributed by atoms with van der Waals surface area (Å²) in [6.45, 7) is 2.55. The number of hydrogen-bond donors (Lipinski definition) is 2. The smallest absolute Gasteiger partial charge is 0.205 e. The molecule has 0 aliphatic carbocycles. The fourth-order valence-electron chi connectivity index (χ4n) is 1.18. The first kappa shape index (κ1) is 12.6. The number of thioether (sulfide) groups is 1. The Morgan fingerprint density at radius 1 is 1.53 bits per heavy atom. The van der Waals surface area contributed by atoms with E-state index in [0.717, 1.165) is 10.5 Å². The second-order valence-corrected chi connectivity index (χ2v) is 4.55. The van der Waals surface area contributed by atoms with Crippen molar-refractivity contribution < 1.29 is 4.79 Å². The zero-order chi connectivity index (χ0) is 11.3. The van der Waals surface area contributed by atoms with Gasteiger partial charge in [0.1, 0.15) is 0 Å². The van der Waals surface area contributed by atoms with Crippen LogP contribution in [0.1, 0.15) is 12.5 Å². The normalized spacial score (nSPS) is 12.5. The van der Waals surface area contributed by atoms with Gasteiger partial charge in [-0.2, -0.15) is 0 Å². The molecule has 82 valence electrons. The molecule has 0 saturated carbocycles. The van der Waals surface area contributed by atoms with E-state index < -0.39 is 0 Å². The molecule has 1 aromatic rings. The highest BCUT2D eigenvalue weighted by atomic mass is 32.2. The van der Waals surface area contributed by atoms with Crippen LogP contribution in [-0.4, -0.2) is 17.4 Å². The number of hydrogen-bond acceptors (Lipinski definition) is 4. The van der Waals surface area contributed by atoms with Crippen LogP contribution in [0.5, 0.6) is 0 Å². The molecule has 1 rings (SSSR count). The van der Waals surface area contributed by atoms with E-state index in [9.17, 15) is 4.79 Å². The molecule has 0 aromatic heterocycles. The first-order valence-electron chi connectivity index (χ1n) is 4.73. The quantitative estimate of drug-likeness (QED) is 0.793. The Labute approximate surface area is 100 Å². The summed E-state index contributed by atoms with van der Waals surface area (Å²) in [7, 11) is 0. The molecular formula is C11H15NOS2. The molecule has 1 aromatic carbocycles. The summed E-state index contributed by atoms with van der Waals surface area (Å²) >= 11 is 5.60. The van der Waals surface area contributed by atoms with Gasteiger partial charge in [-0.05, 0) is 24.8 Å². The van der Waals surface area contributed by atoms with E-state index in [1.165, 1.54) is 11.8 Å².